The van der Waals surface area contributed by atoms with Gasteiger partial charge in [-0.05, 0) is 42.5 Å². The van der Waals surface area contributed by atoms with E-state index in [1.165, 1.54) is 11.8 Å². The Bertz CT molecular complexity index is 1150. The minimum Gasteiger partial charge on any atom is -0.493 e. The largest absolute Gasteiger partial charge is 0.493 e. The second-order valence-electron chi connectivity index (χ2n) is 6.14. The van der Waals surface area contributed by atoms with Crippen LogP contribution in [0.15, 0.2) is 68.6 Å². The van der Waals surface area contributed by atoms with Gasteiger partial charge in [0, 0.05) is 15.6 Å². The van der Waals surface area contributed by atoms with E-state index in [0.29, 0.717) is 29.0 Å². The minimum absolute atomic E-state index is 0.489. The van der Waals surface area contributed by atoms with E-state index in [0.717, 1.165) is 26.3 Å². The summed E-state index contributed by atoms with van der Waals surface area (Å²) >= 11 is 4.95. The molecule has 30 heavy (non-hydrogen) atoms. The summed E-state index contributed by atoms with van der Waals surface area (Å²) in [4.78, 5) is 4.45. The first-order chi connectivity index (χ1) is 14.7. The van der Waals surface area contributed by atoms with Crippen LogP contribution in [0.2, 0.25) is 0 Å². The van der Waals surface area contributed by atoms with Crippen molar-refractivity contribution in [3.05, 3.63) is 65.0 Å². The molecule has 0 saturated heterocycles. The molecule has 0 bridgehead atoms. The number of halogens is 1. The van der Waals surface area contributed by atoms with E-state index in [1.54, 1.807) is 20.3 Å². The lowest BCUT2D eigenvalue weighted by atomic mass is 10.1. The Morgan fingerprint density at radius 1 is 0.933 bits per heavy atom. The highest BCUT2D eigenvalue weighted by Crippen LogP contribution is 2.31. The second-order valence-corrected chi connectivity index (χ2v) is 8.05. The van der Waals surface area contributed by atoms with Gasteiger partial charge in [0.1, 0.15) is 5.03 Å². The van der Waals surface area contributed by atoms with Gasteiger partial charge in [-0.1, -0.05) is 45.0 Å². The van der Waals surface area contributed by atoms with E-state index >= 15 is 0 Å². The zero-order valence-electron chi connectivity index (χ0n) is 16.2. The van der Waals surface area contributed by atoms with Crippen molar-refractivity contribution in [1.29, 1.82) is 0 Å². The van der Waals surface area contributed by atoms with Gasteiger partial charge in [-0.25, -0.2) is 0 Å². The highest BCUT2D eigenvalue weighted by molar-refractivity contribution is 9.10. The molecule has 9 heteroatoms. The van der Waals surface area contributed by atoms with E-state index in [2.05, 4.69) is 36.3 Å². The second kappa shape index (κ2) is 9.27. The average molecular weight is 485 g/mol. The van der Waals surface area contributed by atoms with Crippen LogP contribution in [0.5, 0.6) is 11.5 Å². The van der Waals surface area contributed by atoms with E-state index in [4.69, 9.17) is 14.0 Å². The van der Waals surface area contributed by atoms with Crippen LogP contribution in [0.4, 0.5) is 0 Å². The van der Waals surface area contributed by atoms with Crippen LogP contribution in [-0.4, -0.2) is 34.6 Å². The Morgan fingerprint density at radius 2 is 1.80 bits per heavy atom. The number of hydrogen-bond acceptors (Lipinski definition) is 8. The van der Waals surface area contributed by atoms with Crippen molar-refractivity contribution in [2.75, 3.05) is 14.2 Å². The monoisotopic (exact) mass is 484 g/mol. The molecule has 7 nitrogen and oxygen atoms in total. The SMILES string of the molecule is COc1ccc(-c2noc(CSc3ccc(-c4cccc(Br)c4)nn3)n2)cc1OC. The number of rotatable bonds is 7. The molecule has 0 aliphatic rings. The van der Waals surface area contributed by atoms with Crippen LogP contribution in [0.25, 0.3) is 22.6 Å². The van der Waals surface area contributed by atoms with Gasteiger partial charge >= 0.3 is 0 Å². The van der Waals surface area contributed by atoms with Crippen molar-refractivity contribution in [1.82, 2.24) is 20.3 Å². The molecular formula is C21H17BrN4O3S. The summed E-state index contributed by atoms with van der Waals surface area (Å²) in [5.41, 5.74) is 2.60. The number of nitrogens with zero attached hydrogens (tertiary/aromatic N) is 4. The van der Waals surface area contributed by atoms with Gasteiger partial charge in [0.2, 0.25) is 11.7 Å². The highest BCUT2D eigenvalue weighted by Gasteiger charge is 2.13. The Labute approximate surface area is 186 Å². The van der Waals surface area contributed by atoms with Crippen molar-refractivity contribution >= 4 is 27.7 Å². The van der Waals surface area contributed by atoms with Crippen molar-refractivity contribution < 1.29 is 14.0 Å². The molecule has 0 spiro atoms. The maximum absolute atomic E-state index is 5.37. The average Bonchev–Trinajstić information content (AvgIpc) is 3.26. The third-order valence-corrected chi connectivity index (χ3v) is 5.61. The molecule has 0 aliphatic carbocycles. The van der Waals surface area contributed by atoms with Crippen molar-refractivity contribution in [3.8, 4) is 34.1 Å². The number of thioether (sulfide) groups is 1. The van der Waals surface area contributed by atoms with E-state index in [-0.39, 0.29) is 0 Å². The minimum atomic E-state index is 0.489. The normalized spacial score (nSPS) is 10.8. The first-order valence-electron chi connectivity index (χ1n) is 8.93. The number of ether oxygens (including phenoxy) is 2. The van der Waals surface area contributed by atoms with E-state index in [9.17, 15) is 0 Å². The van der Waals surface area contributed by atoms with Crippen molar-refractivity contribution in [3.63, 3.8) is 0 Å². The number of aromatic nitrogens is 4. The highest BCUT2D eigenvalue weighted by atomic mass is 79.9. The molecule has 0 N–H and O–H groups in total. The topological polar surface area (TPSA) is 83.2 Å². The summed E-state index contributed by atoms with van der Waals surface area (Å²) in [5.74, 6) is 2.73. The lowest BCUT2D eigenvalue weighted by Gasteiger charge is -2.07. The molecule has 2 aromatic carbocycles. The Morgan fingerprint density at radius 3 is 2.53 bits per heavy atom. The third kappa shape index (κ3) is 4.63. The lowest BCUT2D eigenvalue weighted by Crippen LogP contribution is -1.92. The van der Waals surface area contributed by atoms with E-state index < -0.39 is 0 Å². The quantitative estimate of drug-likeness (QED) is 0.328. The molecular weight excluding hydrogens is 468 g/mol. The van der Waals surface area contributed by atoms with Gasteiger partial charge in [-0.2, -0.15) is 4.98 Å². The third-order valence-electron chi connectivity index (χ3n) is 4.21. The standard InChI is InChI=1S/C21H17BrN4O3S/c1-27-17-8-6-14(11-18(17)28-2)21-23-19(29-26-21)12-30-20-9-7-16(24-25-20)13-4-3-5-15(22)10-13/h3-11H,12H2,1-2H3. The van der Waals surface area contributed by atoms with Gasteiger partial charge in [0.05, 0.1) is 25.7 Å². The zero-order chi connectivity index (χ0) is 20.9. The maximum Gasteiger partial charge on any atom is 0.237 e. The zero-order valence-corrected chi connectivity index (χ0v) is 18.6. The molecule has 4 rings (SSSR count). The molecule has 4 aromatic rings. The van der Waals surface area contributed by atoms with Gasteiger partial charge < -0.3 is 14.0 Å². The molecule has 2 aromatic heterocycles. The molecule has 0 radical (unpaired) electrons. The first kappa shape index (κ1) is 20.4. The van der Waals surface area contributed by atoms with Crippen LogP contribution in [0, 0.1) is 0 Å². The van der Waals surface area contributed by atoms with Crippen LogP contribution in [0.3, 0.4) is 0 Å². The van der Waals surface area contributed by atoms with Gasteiger partial charge in [-0.3, -0.25) is 0 Å². The maximum atomic E-state index is 5.37. The van der Waals surface area contributed by atoms with Crippen LogP contribution >= 0.6 is 27.7 Å². The Balaban J connectivity index is 1.42. The predicted octanol–water partition coefficient (Wildman–Crippen LogP) is 5.27. The van der Waals surface area contributed by atoms with Gasteiger partial charge in [-0.15, -0.1) is 10.2 Å². The molecule has 0 aliphatic heterocycles. The van der Waals surface area contributed by atoms with Crippen molar-refractivity contribution in [2.24, 2.45) is 0 Å². The van der Waals surface area contributed by atoms with Gasteiger partial charge in [0.15, 0.2) is 11.5 Å². The fourth-order valence-electron chi connectivity index (χ4n) is 2.74. The summed E-state index contributed by atoms with van der Waals surface area (Å²) < 4.78 is 17.0. The van der Waals surface area contributed by atoms with Crippen LogP contribution in [-0.2, 0) is 5.75 Å². The Kier molecular flexibility index (Phi) is 6.29. The summed E-state index contributed by atoms with van der Waals surface area (Å²) in [6.07, 6.45) is 0. The molecule has 0 atom stereocenters. The summed E-state index contributed by atoms with van der Waals surface area (Å²) in [6, 6.07) is 17.3. The fraction of sp³-hybridized carbons (Fsp3) is 0.143. The predicted molar refractivity (Wildman–Crippen MR) is 118 cm³/mol. The van der Waals surface area contributed by atoms with Crippen LogP contribution in [0.1, 0.15) is 5.89 Å². The number of hydrogen-bond donors (Lipinski definition) is 0. The molecule has 152 valence electrons. The molecule has 0 saturated carbocycles. The fourth-order valence-corrected chi connectivity index (χ4v) is 3.79. The molecule has 0 fully saturated rings. The molecule has 0 amide bonds. The lowest BCUT2D eigenvalue weighted by molar-refractivity contribution is 0.355. The molecule has 0 unspecified atom stereocenters. The first-order valence-corrected chi connectivity index (χ1v) is 10.7. The summed E-state index contributed by atoms with van der Waals surface area (Å²) in [7, 11) is 3.18. The number of methoxy groups -OCH3 is 2. The van der Waals surface area contributed by atoms with Crippen molar-refractivity contribution in [2.45, 2.75) is 10.8 Å². The smallest absolute Gasteiger partial charge is 0.237 e. The Hall–Kier alpha value is -2.91. The summed E-state index contributed by atoms with van der Waals surface area (Å²) in [5, 5.41) is 13.4. The number of benzene rings is 2. The summed E-state index contributed by atoms with van der Waals surface area (Å²) in [6.45, 7) is 0. The van der Waals surface area contributed by atoms with E-state index in [1.807, 2.05) is 48.5 Å². The van der Waals surface area contributed by atoms with Gasteiger partial charge in [0.25, 0.3) is 0 Å². The van der Waals surface area contributed by atoms with Crippen LogP contribution < -0.4 is 9.47 Å². The molecule has 2 heterocycles.